The Morgan fingerprint density at radius 3 is 2.89 bits per heavy atom. The lowest BCUT2D eigenvalue weighted by Gasteiger charge is -2.10. The molecule has 2 heterocycles. The smallest absolute Gasteiger partial charge is 0.271 e. The van der Waals surface area contributed by atoms with E-state index >= 15 is 0 Å². The van der Waals surface area contributed by atoms with Crippen LogP contribution in [0, 0.1) is 0 Å². The van der Waals surface area contributed by atoms with Crippen molar-refractivity contribution in [3.63, 3.8) is 0 Å². The molecule has 18 heavy (non-hydrogen) atoms. The molecule has 0 saturated carbocycles. The van der Waals surface area contributed by atoms with E-state index in [1.165, 1.54) is 11.3 Å². The van der Waals surface area contributed by atoms with Crippen LogP contribution in [0.5, 0.6) is 0 Å². The average molecular weight is 265 g/mol. The summed E-state index contributed by atoms with van der Waals surface area (Å²) in [5, 5.41) is 11.9. The molecule has 96 valence electrons. The number of nitrogens with one attached hydrogen (secondary N) is 2. The van der Waals surface area contributed by atoms with Gasteiger partial charge in [0, 0.05) is 17.1 Å². The monoisotopic (exact) mass is 265 g/mol. The molecule has 2 rings (SSSR count). The lowest BCUT2D eigenvalue weighted by Crippen LogP contribution is -2.26. The number of hydrogen-bond acceptors (Lipinski definition) is 5. The number of carbonyl (C=O) groups excluding carboxylic acids is 1. The third-order valence-electron chi connectivity index (χ3n) is 2.51. The van der Waals surface area contributed by atoms with Crippen LogP contribution < -0.4 is 11.1 Å². The van der Waals surface area contributed by atoms with E-state index in [0.29, 0.717) is 5.69 Å². The van der Waals surface area contributed by atoms with E-state index in [4.69, 9.17) is 5.73 Å². The summed E-state index contributed by atoms with van der Waals surface area (Å²) in [6.07, 6.45) is 3.43. The summed E-state index contributed by atoms with van der Waals surface area (Å²) in [7, 11) is 0. The lowest BCUT2D eigenvalue weighted by atomic mass is 10.2. The van der Waals surface area contributed by atoms with Crippen molar-refractivity contribution in [1.29, 1.82) is 0 Å². The van der Waals surface area contributed by atoms with Gasteiger partial charge in [-0.1, -0.05) is 0 Å². The van der Waals surface area contributed by atoms with Crippen molar-refractivity contribution < 1.29 is 4.79 Å². The van der Waals surface area contributed by atoms with Crippen molar-refractivity contribution in [3.8, 4) is 0 Å². The summed E-state index contributed by atoms with van der Waals surface area (Å²) in [5.74, 6) is -0.202. The van der Waals surface area contributed by atoms with Gasteiger partial charge in [-0.2, -0.15) is 5.10 Å². The summed E-state index contributed by atoms with van der Waals surface area (Å²) in [5.41, 5.74) is 7.04. The maximum atomic E-state index is 11.9. The standard InChI is InChI=1S/C11H15N5OS/c1-6(12)11-16-9(5-18-11)10(17)15-7(2)8-3-13-14-4-8/h3-7H,12H2,1-2H3,(H,13,14)(H,15,17). The van der Waals surface area contributed by atoms with Crippen LogP contribution in [0.1, 0.15) is 47.0 Å². The first kappa shape index (κ1) is 12.7. The minimum Gasteiger partial charge on any atom is -0.344 e. The normalized spacial score (nSPS) is 14.2. The minimum atomic E-state index is -0.202. The first-order valence-corrected chi connectivity index (χ1v) is 6.46. The zero-order chi connectivity index (χ0) is 13.1. The minimum absolute atomic E-state index is 0.114. The van der Waals surface area contributed by atoms with Crippen molar-refractivity contribution in [2.45, 2.75) is 25.9 Å². The number of aromatic nitrogens is 3. The van der Waals surface area contributed by atoms with E-state index in [2.05, 4.69) is 20.5 Å². The van der Waals surface area contributed by atoms with E-state index in [1.54, 1.807) is 17.8 Å². The summed E-state index contributed by atoms with van der Waals surface area (Å²) in [4.78, 5) is 16.1. The van der Waals surface area contributed by atoms with Gasteiger partial charge < -0.3 is 11.1 Å². The van der Waals surface area contributed by atoms with Gasteiger partial charge in [-0.3, -0.25) is 9.89 Å². The Hall–Kier alpha value is -1.73. The Kier molecular flexibility index (Phi) is 3.73. The van der Waals surface area contributed by atoms with Crippen LogP contribution in [0.4, 0.5) is 0 Å². The second kappa shape index (κ2) is 5.28. The maximum Gasteiger partial charge on any atom is 0.271 e. The number of hydrogen-bond donors (Lipinski definition) is 3. The van der Waals surface area contributed by atoms with E-state index in [-0.39, 0.29) is 18.0 Å². The molecule has 0 aliphatic rings. The number of thiazole rings is 1. The molecule has 7 heteroatoms. The number of nitrogens with two attached hydrogens (primary N) is 1. The second-order valence-corrected chi connectivity index (χ2v) is 4.98. The summed E-state index contributed by atoms with van der Waals surface area (Å²) >= 11 is 1.40. The third-order valence-corrected chi connectivity index (χ3v) is 3.56. The fraction of sp³-hybridized carbons (Fsp3) is 0.364. The fourth-order valence-corrected chi connectivity index (χ4v) is 2.21. The molecule has 0 radical (unpaired) electrons. The molecule has 0 spiro atoms. The molecule has 0 bridgehead atoms. The largest absolute Gasteiger partial charge is 0.344 e. The molecule has 0 saturated heterocycles. The maximum absolute atomic E-state index is 11.9. The summed E-state index contributed by atoms with van der Waals surface area (Å²) in [6.45, 7) is 3.73. The first-order chi connectivity index (χ1) is 8.58. The first-order valence-electron chi connectivity index (χ1n) is 5.58. The Morgan fingerprint density at radius 1 is 1.56 bits per heavy atom. The number of nitrogens with zero attached hydrogens (tertiary/aromatic N) is 2. The lowest BCUT2D eigenvalue weighted by molar-refractivity contribution is 0.0935. The van der Waals surface area contributed by atoms with E-state index in [0.717, 1.165) is 10.6 Å². The van der Waals surface area contributed by atoms with Gasteiger partial charge in [-0.05, 0) is 13.8 Å². The Balaban J connectivity index is 2.03. The zero-order valence-electron chi connectivity index (χ0n) is 10.2. The number of H-pyrrole nitrogens is 1. The predicted octanol–water partition coefficient (Wildman–Crippen LogP) is 1.38. The van der Waals surface area contributed by atoms with Crippen LogP contribution in [0.15, 0.2) is 17.8 Å². The van der Waals surface area contributed by atoms with Crippen molar-refractivity contribution in [3.05, 3.63) is 34.0 Å². The fourth-order valence-electron chi connectivity index (χ4n) is 1.45. The molecular weight excluding hydrogens is 250 g/mol. The number of amides is 1. The van der Waals surface area contributed by atoms with Gasteiger partial charge in [0.25, 0.3) is 5.91 Å². The Bertz CT molecular complexity index is 519. The van der Waals surface area contributed by atoms with Gasteiger partial charge in [-0.25, -0.2) is 4.98 Å². The van der Waals surface area contributed by atoms with Gasteiger partial charge >= 0.3 is 0 Å². The zero-order valence-corrected chi connectivity index (χ0v) is 11.0. The highest BCUT2D eigenvalue weighted by Crippen LogP contribution is 2.17. The van der Waals surface area contributed by atoms with Crippen LogP contribution in [0.3, 0.4) is 0 Å². The van der Waals surface area contributed by atoms with Crippen molar-refractivity contribution >= 4 is 17.2 Å². The molecule has 2 unspecified atom stereocenters. The van der Waals surface area contributed by atoms with Crippen LogP contribution in [0.25, 0.3) is 0 Å². The van der Waals surface area contributed by atoms with E-state index in [9.17, 15) is 4.79 Å². The molecular formula is C11H15N5OS. The molecule has 0 fully saturated rings. The molecule has 2 atom stereocenters. The molecule has 0 aliphatic carbocycles. The molecule has 6 nitrogen and oxygen atoms in total. The van der Waals surface area contributed by atoms with E-state index < -0.39 is 0 Å². The molecule has 1 amide bonds. The third kappa shape index (κ3) is 2.74. The summed E-state index contributed by atoms with van der Waals surface area (Å²) < 4.78 is 0. The van der Waals surface area contributed by atoms with Crippen LogP contribution in [-0.4, -0.2) is 21.1 Å². The Labute approximate surface area is 109 Å². The SMILES string of the molecule is CC(N)c1nc(C(=O)NC(C)c2cn[nH]c2)cs1. The predicted molar refractivity (Wildman–Crippen MR) is 69.2 cm³/mol. The average Bonchev–Trinajstić information content (AvgIpc) is 3.00. The van der Waals surface area contributed by atoms with Gasteiger partial charge in [0.2, 0.25) is 0 Å². The molecule has 0 aromatic carbocycles. The molecule has 0 aliphatic heterocycles. The van der Waals surface area contributed by atoms with Crippen LogP contribution in [-0.2, 0) is 0 Å². The van der Waals surface area contributed by atoms with Crippen molar-refractivity contribution in [1.82, 2.24) is 20.5 Å². The highest BCUT2D eigenvalue weighted by molar-refractivity contribution is 7.09. The summed E-state index contributed by atoms with van der Waals surface area (Å²) in [6, 6.07) is -0.264. The van der Waals surface area contributed by atoms with Crippen molar-refractivity contribution in [2.75, 3.05) is 0 Å². The topological polar surface area (TPSA) is 96.7 Å². The van der Waals surface area contributed by atoms with Gasteiger partial charge in [-0.15, -0.1) is 11.3 Å². The Morgan fingerprint density at radius 2 is 2.33 bits per heavy atom. The van der Waals surface area contributed by atoms with Gasteiger partial charge in [0.1, 0.15) is 10.7 Å². The quantitative estimate of drug-likeness (QED) is 0.778. The van der Waals surface area contributed by atoms with Gasteiger partial charge in [0.15, 0.2) is 0 Å². The van der Waals surface area contributed by atoms with Crippen LogP contribution >= 0.6 is 11.3 Å². The number of carbonyl (C=O) groups is 1. The number of aromatic amines is 1. The molecule has 2 aromatic heterocycles. The van der Waals surface area contributed by atoms with E-state index in [1.807, 2.05) is 13.8 Å². The number of rotatable bonds is 4. The van der Waals surface area contributed by atoms with Crippen molar-refractivity contribution in [2.24, 2.45) is 5.73 Å². The second-order valence-electron chi connectivity index (χ2n) is 4.09. The highest BCUT2D eigenvalue weighted by atomic mass is 32.1. The molecule has 2 aromatic rings. The van der Waals surface area contributed by atoms with Gasteiger partial charge in [0.05, 0.1) is 18.3 Å². The van der Waals surface area contributed by atoms with Crippen LogP contribution in [0.2, 0.25) is 0 Å². The highest BCUT2D eigenvalue weighted by Gasteiger charge is 2.16. The molecule has 4 N–H and O–H groups in total.